The first kappa shape index (κ1) is 68.0. The molecule has 8 aromatic rings. The van der Waals surface area contributed by atoms with Crippen molar-refractivity contribution in [3.8, 4) is 56.0 Å². The molecule has 90 heavy (non-hydrogen) atoms. The van der Waals surface area contributed by atoms with Crippen LogP contribution in [0.3, 0.4) is 0 Å². The van der Waals surface area contributed by atoms with Gasteiger partial charge in [-0.1, -0.05) is 0 Å². The van der Waals surface area contributed by atoms with Gasteiger partial charge in [0.25, 0.3) is 0 Å². The summed E-state index contributed by atoms with van der Waals surface area (Å²) in [7, 11) is 0. The van der Waals surface area contributed by atoms with Crippen LogP contribution in [0.5, 0.6) is 11.5 Å². The number of hydrogen-bond donors (Lipinski definition) is 0. The van der Waals surface area contributed by atoms with Gasteiger partial charge in [-0.05, 0) is 0 Å². The van der Waals surface area contributed by atoms with Crippen LogP contribution < -0.4 is 19.1 Å². The van der Waals surface area contributed by atoms with E-state index in [0.29, 0.717) is 71.0 Å². The van der Waals surface area contributed by atoms with Crippen molar-refractivity contribution in [2.75, 3.05) is 0 Å². The van der Waals surface area contributed by atoms with Gasteiger partial charge >= 0.3 is 561 Å². The second-order valence-electron chi connectivity index (χ2n) is 31.5. The van der Waals surface area contributed by atoms with Crippen LogP contribution in [-0.4, -0.2) is 30.3 Å². The van der Waals surface area contributed by atoms with Crippen LogP contribution in [0.2, 0.25) is 0 Å². The van der Waals surface area contributed by atoms with E-state index < -0.39 is 30.3 Å². The van der Waals surface area contributed by atoms with Crippen LogP contribution in [0.4, 0.5) is 0 Å². The number of hydrogen-bond acceptors (Lipinski definition) is 1. The van der Waals surface area contributed by atoms with E-state index in [9.17, 15) is 0 Å². The van der Waals surface area contributed by atoms with E-state index >= 15 is 0 Å². The summed E-state index contributed by atoms with van der Waals surface area (Å²) in [6.07, 6.45) is 0. The van der Waals surface area contributed by atoms with Crippen LogP contribution in [-0.2, 0) is 5.41 Å². The molecule has 2 aliphatic heterocycles. The van der Waals surface area contributed by atoms with E-state index in [0.717, 1.165) is 11.5 Å². The number of ether oxygens (including phenoxy) is 1. The fourth-order valence-corrected chi connectivity index (χ4v) is 66.8. The standard InChI is InChI=1S/2C36H49.C15H12O.2Sn/c2*1-21(2)29-17-31(23(5)6)35(32(18-29)24(7)8)27-14-13-15-28(16-27)36-33(25(9)10)19-30(22(3)4)20-34(36)26(11)12;1-15(2)11-7-3-5-9-13(11)16-14-10-6-4-8-12(14)15;;/h2*13-15,17-26H,1-12H3;3-8H,1-2H3;;. The van der Waals surface area contributed by atoms with Crippen molar-refractivity contribution in [1.29, 1.82) is 0 Å². The maximum atomic E-state index is 8.09. The normalized spacial score (nSPS) is 13.9. The first-order valence-electron chi connectivity index (χ1n) is 35.1. The zero-order valence-electron chi connectivity index (χ0n) is 60.4. The Bertz CT molecular complexity index is 3520. The third kappa shape index (κ3) is 12.1. The van der Waals surface area contributed by atoms with Crippen LogP contribution in [0.15, 0.2) is 121 Å². The quantitative estimate of drug-likeness (QED) is 0.0778. The van der Waals surface area contributed by atoms with Crippen molar-refractivity contribution in [2.45, 2.75) is 256 Å². The zero-order chi connectivity index (χ0) is 65.6. The Morgan fingerprint density at radius 3 is 0.656 bits per heavy atom. The van der Waals surface area contributed by atoms with Gasteiger partial charge < -0.3 is 0 Å². The summed E-state index contributed by atoms with van der Waals surface area (Å²) in [6.45, 7) is 63.7. The average Bonchev–Trinajstić information content (AvgIpc) is 1.44. The third-order valence-electron chi connectivity index (χ3n) is 20.6. The Morgan fingerprint density at radius 2 is 0.467 bits per heavy atom. The van der Waals surface area contributed by atoms with E-state index in [4.69, 9.17) is 4.74 Å². The third-order valence-corrected chi connectivity index (χ3v) is 62.7. The van der Waals surface area contributed by atoms with Crippen LogP contribution in [0.25, 0.3) is 44.5 Å². The molecule has 0 spiro atoms. The number of rotatable bonds is 18. The summed E-state index contributed by atoms with van der Waals surface area (Å²) in [5, 5.41) is 0. The summed E-state index contributed by atoms with van der Waals surface area (Å²) in [6, 6.07) is 51.7. The SMILES string of the molecule is CC(C)c1cc(C(C)C)c(-c2cccc(-c3c(C(C)C)cc(C(C)C)cc3C(C)C)[c]2[Sn]2=[Sn]([c]3c(-c4c(C(C)C)cc(C(C)C)cc4C(C)C)cccc3-c3c(C(C)C)cc(C(C)C)cc3C(C)C)[c]3cccc4c3Oc3[c]2cccc3C4(C)C)c(C(C)C)c1. The fourth-order valence-electron chi connectivity index (χ4n) is 15.3. The summed E-state index contributed by atoms with van der Waals surface area (Å²) in [4.78, 5) is 0. The second-order valence-corrected chi connectivity index (χ2v) is 60.8. The second kappa shape index (κ2) is 26.5. The molecule has 0 saturated heterocycles. The summed E-state index contributed by atoms with van der Waals surface area (Å²) < 4.78 is 14.6. The molecular weight excluding hydrogens is 1300 g/mol. The van der Waals surface area contributed by atoms with E-state index in [-0.39, 0.29) is 5.41 Å². The molecule has 0 saturated carbocycles. The molecule has 10 rings (SSSR count). The van der Waals surface area contributed by atoms with Gasteiger partial charge in [-0.2, -0.15) is 0 Å². The van der Waals surface area contributed by atoms with Crippen molar-refractivity contribution < 1.29 is 4.74 Å². The molecule has 0 N–H and O–H groups in total. The van der Waals surface area contributed by atoms with Gasteiger partial charge in [-0.15, -0.1) is 0 Å². The Balaban J connectivity index is 1.63. The van der Waals surface area contributed by atoms with Crippen molar-refractivity contribution in [2.24, 2.45) is 0 Å². The molecule has 8 aromatic carbocycles. The monoisotopic (exact) mass is 1410 g/mol. The molecule has 2 heterocycles. The predicted molar refractivity (Wildman–Crippen MR) is 399 cm³/mol. The van der Waals surface area contributed by atoms with Gasteiger partial charge in [0.1, 0.15) is 0 Å². The van der Waals surface area contributed by atoms with Gasteiger partial charge in [0, 0.05) is 0 Å². The van der Waals surface area contributed by atoms with E-state index in [1.807, 2.05) is 0 Å². The van der Waals surface area contributed by atoms with Crippen molar-refractivity contribution in [1.82, 2.24) is 0 Å². The van der Waals surface area contributed by atoms with Gasteiger partial charge in [0.05, 0.1) is 0 Å². The first-order chi connectivity index (χ1) is 42.4. The Morgan fingerprint density at radius 1 is 0.267 bits per heavy atom. The first-order valence-corrected chi connectivity index (χ1v) is 51.8. The fraction of sp³-hybridized carbons (Fsp3) is 0.448. The van der Waals surface area contributed by atoms with Gasteiger partial charge in [0.2, 0.25) is 0 Å². The van der Waals surface area contributed by atoms with Gasteiger partial charge in [-0.3, -0.25) is 0 Å². The minimum atomic E-state index is -3.79. The Kier molecular flexibility index (Phi) is 20.0. The molecule has 2 bridgehead atoms. The molecule has 2 aliphatic rings. The predicted octanol–water partition coefficient (Wildman–Crippen LogP) is 23.6. The van der Waals surface area contributed by atoms with E-state index in [1.54, 1.807) is 14.3 Å². The zero-order valence-corrected chi connectivity index (χ0v) is 66.1. The van der Waals surface area contributed by atoms with E-state index in [1.165, 1.54) is 122 Å². The number of para-hydroxylation sites is 2. The summed E-state index contributed by atoms with van der Waals surface area (Å²) >= 11 is -7.58. The molecule has 1 nitrogen and oxygen atoms in total. The average molecular weight is 1410 g/mol. The topological polar surface area (TPSA) is 9.23 Å². The summed E-state index contributed by atoms with van der Waals surface area (Å²) in [5.41, 5.74) is 31.8. The maximum absolute atomic E-state index is 8.09. The molecule has 0 aliphatic carbocycles. The molecule has 0 atom stereocenters. The molecule has 0 fully saturated rings. The molecule has 3 heteroatoms. The van der Waals surface area contributed by atoms with Crippen LogP contribution in [0.1, 0.15) is 329 Å². The summed E-state index contributed by atoms with van der Waals surface area (Å²) in [5.74, 6) is 6.32. The minimum absolute atomic E-state index is 0.290. The van der Waals surface area contributed by atoms with Crippen molar-refractivity contribution in [3.63, 3.8) is 0 Å². The molecule has 0 unspecified atom stereocenters. The van der Waals surface area contributed by atoms with Crippen molar-refractivity contribution in [3.05, 3.63) is 199 Å². The van der Waals surface area contributed by atoms with Crippen LogP contribution >= 0.6 is 0 Å². The molecular formula is C87H110OSn2. The van der Waals surface area contributed by atoms with Crippen molar-refractivity contribution >= 4 is 44.7 Å². The molecule has 0 radical (unpaired) electrons. The van der Waals surface area contributed by atoms with Gasteiger partial charge in [-0.25, -0.2) is 0 Å². The van der Waals surface area contributed by atoms with Gasteiger partial charge in [0.15, 0.2) is 0 Å². The Labute approximate surface area is 556 Å². The molecule has 0 aromatic heterocycles. The molecule has 0 amide bonds. The Hall–Kier alpha value is -4.84. The van der Waals surface area contributed by atoms with E-state index in [2.05, 4.69) is 301 Å². The number of benzene rings is 8. The van der Waals surface area contributed by atoms with Crippen LogP contribution in [0, 0.1) is 0 Å². The molecule has 472 valence electrons.